The van der Waals surface area contributed by atoms with Gasteiger partial charge in [-0.2, -0.15) is 0 Å². The Kier molecular flexibility index (Phi) is 6.83. The molecule has 6 heteroatoms. The van der Waals surface area contributed by atoms with Gasteiger partial charge in [-0.25, -0.2) is 4.79 Å². The molecule has 2 aromatic rings. The van der Waals surface area contributed by atoms with Crippen molar-refractivity contribution >= 4 is 17.7 Å². The third kappa shape index (κ3) is 5.84. The molecule has 6 nitrogen and oxygen atoms in total. The van der Waals surface area contributed by atoms with E-state index in [1.165, 1.54) is 0 Å². The molecule has 2 rings (SSSR count). The van der Waals surface area contributed by atoms with E-state index in [0.717, 1.165) is 5.56 Å². The summed E-state index contributed by atoms with van der Waals surface area (Å²) < 4.78 is 10.6. The molecule has 0 aliphatic rings. The zero-order valence-corrected chi connectivity index (χ0v) is 14.3. The highest BCUT2D eigenvalue weighted by atomic mass is 16.5. The summed E-state index contributed by atoms with van der Waals surface area (Å²) in [6.45, 7) is 4.09. The molecule has 0 spiro atoms. The van der Waals surface area contributed by atoms with Crippen LogP contribution >= 0.6 is 0 Å². The molecular weight excluding hydrogens is 320 g/mol. The van der Waals surface area contributed by atoms with Gasteiger partial charge in [-0.3, -0.25) is 4.79 Å². The van der Waals surface area contributed by atoms with Crippen LogP contribution in [0.2, 0.25) is 0 Å². The van der Waals surface area contributed by atoms with Gasteiger partial charge in [-0.05, 0) is 31.5 Å². The predicted molar refractivity (Wildman–Crippen MR) is 95.5 cm³/mol. The zero-order valence-electron chi connectivity index (χ0n) is 14.3. The normalized spacial score (nSPS) is 11.3. The number of hydrogen-bond acceptors (Lipinski definition) is 4. The summed E-state index contributed by atoms with van der Waals surface area (Å²) in [5.41, 5.74) is 1.43. The number of nitrogens with one attached hydrogen (secondary N) is 2. The highest BCUT2D eigenvalue weighted by molar-refractivity contribution is 5.97. The van der Waals surface area contributed by atoms with E-state index < -0.39 is 12.1 Å². The third-order valence-corrected chi connectivity index (χ3v) is 3.39. The summed E-state index contributed by atoms with van der Waals surface area (Å²) in [7, 11) is 0. The smallest absolute Gasteiger partial charge is 0.408 e. The predicted octanol–water partition coefficient (Wildman–Crippen LogP) is 3.34. The van der Waals surface area contributed by atoms with Crippen molar-refractivity contribution in [2.45, 2.75) is 26.5 Å². The minimum absolute atomic E-state index is 0.147. The van der Waals surface area contributed by atoms with Gasteiger partial charge in [-0.1, -0.05) is 42.5 Å². The molecule has 0 heterocycles. The van der Waals surface area contributed by atoms with Gasteiger partial charge in [0.25, 0.3) is 0 Å². The van der Waals surface area contributed by atoms with E-state index in [0.29, 0.717) is 18.0 Å². The summed E-state index contributed by atoms with van der Waals surface area (Å²) in [5.74, 6) is 0.223. The van der Waals surface area contributed by atoms with Gasteiger partial charge in [-0.15, -0.1) is 0 Å². The number of amides is 2. The van der Waals surface area contributed by atoms with E-state index in [-0.39, 0.29) is 12.5 Å². The van der Waals surface area contributed by atoms with E-state index in [9.17, 15) is 9.59 Å². The summed E-state index contributed by atoms with van der Waals surface area (Å²) in [6.07, 6.45) is -0.649. The van der Waals surface area contributed by atoms with Crippen LogP contribution in [0.4, 0.5) is 10.5 Å². The Morgan fingerprint density at radius 3 is 2.44 bits per heavy atom. The fraction of sp³-hybridized carbons (Fsp3) is 0.263. The lowest BCUT2D eigenvalue weighted by Gasteiger charge is -2.16. The van der Waals surface area contributed by atoms with Crippen molar-refractivity contribution in [3.05, 3.63) is 60.2 Å². The Labute approximate surface area is 147 Å². The fourth-order valence-electron chi connectivity index (χ4n) is 2.10. The van der Waals surface area contributed by atoms with Crippen LogP contribution in [-0.2, 0) is 16.1 Å². The topological polar surface area (TPSA) is 76.7 Å². The molecule has 1 unspecified atom stereocenters. The molecule has 132 valence electrons. The average molecular weight is 342 g/mol. The number of hydrogen-bond donors (Lipinski definition) is 2. The molecule has 0 saturated carbocycles. The van der Waals surface area contributed by atoms with E-state index in [2.05, 4.69) is 10.6 Å². The Bertz CT molecular complexity index is 704. The summed E-state index contributed by atoms with van der Waals surface area (Å²) >= 11 is 0. The van der Waals surface area contributed by atoms with Crippen LogP contribution in [0.15, 0.2) is 54.6 Å². The first-order valence-corrected chi connectivity index (χ1v) is 8.10. The van der Waals surface area contributed by atoms with Crippen molar-refractivity contribution in [3.63, 3.8) is 0 Å². The number of anilines is 1. The standard InChI is InChI=1S/C19H22N2O4/c1-3-24-17-12-8-7-11-16(17)21-18(22)14(2)20-19(23)25-13-15-9-5-4-6-10-15/h4-12,14H,3,13H2,1-2H3,(H,20,23)(H,21,22). The highest BCUT2D eigenvalue weighted by Crippen LogP contribution is 2.23. The fourth-order valence-corrected chi connectivity index (χ4v) is 2.10. The maximum absolute atomic E-state index is 12.2. The van der Waals surface area contributed by atoms with Crippen LogP contribution in [0.1, 0.15) is 19.4 Å². The van der Waals surface area contributed by atoms with Gasteiger partial charge in [0.15, 0.2) is 0 Å². The molecule has 0 saturated heterocycles. The van der Waals surface area contributed by atoms with Gasteiger partial charge >= 0.3 is 6.09 Å². The molecule has 0 radical (unpaired) electrons. The van der Waals surface area contributed by atoms with Crippen molar-refractivity contribution in [2.24, 2.45) is 0 Å². The minimum Gasteiger partial charge on any atom is -0.492 e. The quantitative estimate of drug-likeness (QED) is 0.809. The summed E-state index contributed by atoms with van der Waals surface area (Å²) in [4.78, 5) is 24.1. The molecular formula is C19H22N2O4. The summed E-state index contributed by atoms with van der Waals surface area (Å²) in [6, 6.07) is 15.7. The first kappa shape index (κ1) is 18.3. The Balaban J connectivity index is 1.84. The van der Waals surface area contributed by atoms with Crippen molar-refractivity contribution in [1.82, 2.24) is 5.32 Å². The average Bonchev–Trinajstić information content (AvgIpc) is 2.62. The SMILES string of the molecule is CCOc1ccccc1NC(=O)C(C)NC(=O)OCc1ccccc1. The van der Waals surface area contributed by atoms with Gasteiger partial charge in [0.2, 0.25) is 5.91 Å². The number of ether oxygens (including phenoxy) is 2. The first-order valence-electron chi connectivity index (χ1n) is 8.10. The van der Waals surface area contributed by atoms with Gasteiger partial charge < -0.3 is 20.1 Å². The second-order valence-corrected chi connectivity index (χ2v) is 5.35. The van der Waals surface area contributed by atoms with Gasteiger partial charge in [0.05, 0.1) is 12.3 Å². The molecule has 2 aromatic carbocycles. The van der Waals surface area contributed by atoms with Crippen LogP contribution in [-0.4, -0.2) is 24.6 Å². The van der Waals surface area contributed by atoms with Crippen molar-refractivity contribution in [2.75, 3.05) is 11.9 Å². The van der Waals surface area contributed by atoms with Gasteiger partial charge in [0, 0.05) is 0 Å². The molecule has 2 N–H and O–H groups in total. The van der Waals surface area contributed by atoms with E-state index >= 15 is 0 Å². The first-order chi connectivity index (χ1) is 12.1. The lowest BCUT2D eigenvalue weighted by atomic mass is 10.2. The second-order valence-electron chi connectivity index (χ2n) is 5.35. The molecule has 0 aliphatic carbocycles. The van der Waals surface area contributed by atoms with E-state index in [1.54, 1.807) is 25.1 Å². The molecule has 25 heavy (non-hydrogen) atoms. The molecule has 0 aliphatic heterocycles. The van der Waals surface area contributed by atoms with Crippen LogP contribution in [0.25, 0.3) is 0 Å². The number of alkyl carbamates (subject to hydrolysis) is 1. The molecule has 0 aromatic heterocycles. The van der Waals surface area contributed by atoms with Crippen molar-refractivity contribution in [3.8, 4) is 5.75 Å². The molecule has 2 amide bonds. The third-order valence-electron chi connectivity index (χ3n) is 3.39. The van der Waals surface area contributed by atoms with Crippen molar-refractivity contribution < 1.29 is 19.1 Å². The second kappa shape index (κ2) is 9.32. The minimum atomic E-state index is -0.752. The lowest BCUT2D eigenvalue weighted by molar-refractivity contribution is -0.117. The Morgan fingerprint density at radius 2 is 1.72 bits per heavy atom. The summed E-state index contributed by atoms with van der Waals surface area (Å²) in [5, 5.41) is 5.25. The number of benzene rings is 2. The number of para-hydroxylation sites is 2. The number of rotatable bonds is 7. The van der Waals surface area contributed by atoms with Gasteiger partial charge in [0.1, 0.15) is 18.4 Å². The Hall–Kier alpha value is -3.02. The number of carbonyl (C=O) groups is 2. The number of carbonyl (C=O) groups excluding carboxylic acids is 2. The van der Waals surface area contributed by atoms with Crippen LogP contribution < -0.4 is 15.4 Å². The van der Waals surface area contributed by atoms with Crippen LogP contribution in [0.3, 0.4) is 0 Å². The van der Waals surface area contributed by atoms with Crippen LogP contribution in [0.5, 0.6) is 5.75 Å². The molecule has 0 bridgehead atoms. The van der Waals surface area contributed by atoms with Crippen LogP contribution in [0, 0.1) is 0 Å². The van der Waals surface area contributed by atoms with E-state index in [1.807, 2.05) is 43.3 Å². The van der Waals surface area contributed by atoms with E-state index in [4.69, 9.17) is 9.47 Å². The van der Waals surface area contributed by atoms with Crippen molar-refractivity contribution in [1.29, 1.82) is 0 Å². The zero-order chi connectivity index (χ0) is 18.1. The molecule has 1 atom stereocenters. The highest BCUT2D eigenvalue weighted by Gasteiger charge is 2.17. The monoisotopic (exact) mass is 342 g/mol. The maximum atomic E-state index is 12.2. The maximum Gasteiger partial charge on any atom is 0.408 e. The molecule has 0 fully saturated rings. The largest absolute Gasteiger partial charge is 0.492 e. The lowest BCUT2D eigenvalue weighted by Crippen LogP contribution is -2.41. The Morgan fingerprint density at radius 1 is 1.04 bits per heavy atom.